The lowest BCUT2D eigenvalue weighted by atomic mass is 9.74. The Balaban J connectivity index is 0.00000300. The second-order valence-electron chi connectivity index (χ2n) is 7.21. The van der Waals surface area contributed by atoms with Crippen LogP contribution in [0.3, 0.4) is 0 Å². The van der Waals surface area contributed by atoms with Crippen LogP contribution in [0.15, 0.2) is 59.6 Å². The smallest absolute Gasteiger partial charge is 0.191 e. The summed E-state index contributed by atoms with van der Waals surface area (Å²) in [6.07, 6.45) is 2.96. The third kappa shape index (κ3) is 6.60. The highest BCUT2D eigenvalue weighted by Crippen LogP contribution is 2.35. The molecule has 0 spiro atoms. The summed E-state index contributed by atoms with van der Waals surface area (Å²) in [5.41, 5.74) is 2.69. The number of rotatable bonds is 7. The maximum absolute atomic E-state index is 5.64. The first-order valence-electron chi connectivity index (χ1n) is 9.96. The minimum Gasteiger partial charge on any atom is -0.497 e. The lowest BCUT2D eigenvalue weighted by Crippen LogP contribution is -2.48. The molecule has 2 aromatic carbocycles. The molecule has 6 heteroatoms. The van der Waals surface area contributed by atoms with E-state index in [0.717, 1.165) is 57.3 Å². The normalized spacial score (nSPS) is 15.9. The Labute approximate surface area is 191 Å². The van der Waals surface area contributed by atoms with E-state index in [4.69, 9.17) is 9.47 Å². The number of hydrogen-bond donors (Lipinski definition) is 2. The van der Waals surface area contributed by atoms with E-state index in [2.05, 4.69) is 52.0 Å². The monoisotopic (exact) mass is 509 g/mol. The Hall–Kier alpha value is -1.80. The van der Waals surface area contributed by atoms with Gasteiger partial charge < -0.3 is 20.1 Å². The minimum atomic E-state index is 0. The number of ether oxygens (including phenoxy) is 2. The van der Waals surface area contributed by atoms with Crippen LogP contribution in [0, 0.1) is 0 Å². The van der Waals surface area contributed by atoms with Crippen molar-refractivity contribution in [2.45, 2.75) is 24.7 Å². The fourth-order valence-electron chi connectivity index (χ4n) is 3.72. The average molecular weight is 509 g/mol. The SMILES string of the molecule is CN=C(NCCc1ccccc1)NCC1(c2ccc(OC)cc2)CCOCC1.I. The van der Waals surface area contributed by atoms with Crippen LogP contribution in [0.4, 0.5) is 0 Å². The first-order valence-corrected chi connectivity index (χ1v) is 9.96. The summed E-state index contributed by atoms with van der Waals surface area (Å²) in [6, 6.07) is 18.9. The summed E-state index contributed by atoms with van der Waals surface area (Å²) in [7, 11) is 3.52. The predicted molar refractivity (Wildman–Crippen MR) is 130 cm³/mol. The summed E-state index contributed by atoms with van der Waals surface area (Å²) < 4.78 is 11.0. The number of halogens is 1. The van der Waals surface area contributed by atoms with Crippen LogP contribution in [0.25, 0.3) is 0 Å². The van der Waals surface area contributed by atoms with Crippen molar-refractivity contribution in [1.82, 2.24) is 10.6 Å². The molecule has 158 valence electrons. The third-order valence-corrected chi connectivity index (χ3v) is 5.52. The van der Waals surface area contributed by atoms with Gasteiger partial charge in [-0.25, -0.2) is 0 Å². The molecule has 1 aliphatic heterocycles. The van der Waals surface area contributed by atoms with Crippen molar-refractivity contribution in [2.24, 2.45) is 4.99 Å². The van der Waals surface area contributed by atoms with E-state index in [9.17, 15) is 0 Å². The number of guanidine groups is 1. The maximum Gasteiger partial charge on any atom is 0.191 e. The number of aliphatic imine (C=N–C) groups is 1. The molecule has 1 heterocycles. The molecular weight excluding hydrogens is 477 g/mol. The van der Waals surface area contributed by atoms with Crippen LogP contribution in [-0.2, 0) is 16.6 Å². The zero-order chi connectivity index (χ0) is 19.7. The average Bonchev–Trinajstić information content (AvgIpc) is 2.77. The van der Waals surface area contributed by atoms with Gasteiger partial charge in [-0.3, -0.25) is 4.99 Å². The molecule has 0 bridgehead atoms. The topological polar surface area (TPSA) is 54.9 Å². The first-order chi connectivity index (χ1) is 13.8. The van der Waals surface area contributed by atoms with Crippen LogP contribution in [-0.4, -0.2) is 46.4 Å². The first kappa shape index (κ1) is 23.5. The summed E-state index contributed by atoms with van der Waals surface area (Å²) in [4.78, 5) is 4.40. The maximum atomic E-state index is 5.64. The number of methoxy groups -OCH3 is 1. The van der Waals surface area contributed by atoms with Gasteiger partial charge >= 0.3 is 0 Å². The van der Waals surface area contributed by atoms with Crippen LogP contribution in [0.2, 0.25) is 0 Å². The molecule has 1 fully saturated rings. The van der Waals surface area contributed by atoms with Crippen LogP contribution < -0.4 is 15.4 Å². The second-order valence-corrected chi connectivity index (χ2v) is 7.21. The molecule has 0 atom stereocenters. The van der Waals surface area contributed by atoms with Gasteiger partial charge in [0.25, 0.3) is 0 Å². The highest BCUT2D eigenvalue weighted by molar-refractivity contribution is 14.0. The predicted octanol–water partition coefficient (Wildman–Crippen LogP) is 3.77. The number of nitrogens with zero attached hydrogens (tertiary/aromatic N) is 1. The molecule has 0 unspecified atom stereocenters. The molecule has 0 saturated carbocycles. The van der Waals surface area contributed by atoms with Crippen molar-refractivity contribution in [2.75, 3.05) is 40.5 Å². The highest BCUT2D eigenvalue weighted by Gasteiger charge is 2.34. The van der Waals surface area contributed by atoms with E-state index in [1.54, 1.807) is 7.11 Å². The molecule has 2 aromatic rings. The van der Waals surface area contributed by atoms with Crippen molar-refractivity contribution in [3.05, 3.63) is 65.7 Å². The summed E-state index contributed by atoms with van der Waals surface area (Å²) in [6.45, 7) is 3.25. The standard InChI is InChI=1S/C23H31N3O2.HI/c1-24-22(25-15-12-19-6-4-3-5-7-19)26-18-23(13-16-28-17-14-23)20-8-10-21(27-2)11-9-20;/h3-11H,12-18H2,1-2H3,(H2,24,25,26);1H. The minimum absolute atomic E-state index is 0. The fraction of sp³-hybridized carbons (Fsp3) is 0.435. The summed E-state index contributed by atoms with van der Waals surface area (Å²) >= 11 is 0. The Bertz CT molecular complexity index is 744. The van der Waals surface area contributed by atoms with E-state index in [1.165, 1.54) is 11.1 Å². The van der Waals surface area contributed by atoms with Gasteiger partial charge in [-0.05, 0) is 42.5 Å². The van der Waals surface area contributed by atoms with E-state index >= 15 is 0 Å². The summed E-state index contributed by atoms with van der Waals surface area (Å²) in [5, 5.41) is 6.98. The van der Waals surface area contributed by atoms with Crippen molar-refractivity contribution in [3.63, 3.8) is 0 Å². The molecule has 29 heavy (non-hydrogen) atoms. The van der Waals surface area contributed by atoms with Crippen LogP contribution in [0.5, 0.6) is 5.75 Å². The number of benzene rings is 2. The third-order valence-electron chi connectivity index (χ3n) is 5.52. The molecule has 2 N–H and O–H groups in total. The fourth-order valence-corrected chi connectivity index (χ4v) is 3.72. The van der Waals surface area contributed by atoms with Gasteiger partial charge in [-0.15, -0.1) is 24.0 Å². The van der Waals surface area contributed by atoms with Gasteiger partial charge in [-0.2, -0.15) is 0 Å². The molecule has 0 amide bonds. The Morgan fingerprint density at radius 3 is 2.34 bits per heavy atom. The highest BCUT2D eigenvalue weighted by atomic mass is 127. The van der Waals surface area contributed by atoms with Gasteiger partial charge in [0.2, 0.25) is 0 Å². The molecule has 3 rings (SSSR count). The molecule has 5 nitrogen and oxygen atoms in total. The van der Waals surface area contributed by atoms with Crippen molar-refractivity contribution in [1.29, 1.82) is 0 Å². The van der Waals surface area contributed by atoms with Gasteiger partial charge in [0, 0.05) is 38.8 Å². The van der Waals surface area contributed by atoms with Gasteiger partial charge in [-0.1, -0.05) is 42.5 Å². The Kier molecular flexibility index (Phi) is 9.73. The van der Waals surface area contributed by atoms with Gasteiger partial charge in [0.1, 0.15) is 5.75 Å². The molecule has 0 aromatic heterocycles. The summed E-state index contributed by atoms with van der Waals surface area (Å²) in [5.74, 6) is 1.73. The Morgan fingerprint density at radius 1 is 1.03 bits per heavy atom. The van der Waals surface area contributed by atoms with E-state index in [-0.39, 0.29) is 29.4 Å². The van der Waals surface area contributed by atoms with E-state index in [0.29, 0.717) is 0 Å². The number of hydrogen-bond acceptors (Lipinski definition) is 3. The van der Waals surface area contributed by atoms with Gasteiger partial charge in [0.05, 0.1) is 7.11 Å². The lowest BCUT2D eigenvalue weighted by molar-refractivity contribution is 0.0513. The van der Waals surface area contributed by atoms with Crippen LogP contribution >= 0.6 is 24.0 Å². The molecule has 0 aliphatic carbocycles. The van der Waals surface area contributed by atoms with E-state index in [1.807, 2.05) is 25.2 Å². The van der Waals surface area contributed by atoms with Crippen molar-refractivity contribution < 1.29 is 9.47 Å². The number of nitrogens with one attached hydrogen (secondary N) is 2. The molecular formula is C23H32IN3O2. The lowest BCUT2D eigenvalue weighted by Gasteiger charge is -2.38. The quantitative estimate of drug-likeness (QED) is 0.339. The Morgan fingerprint density at radius 2 is 1.72 bits per heavy atom. The largest absolute Gasteiger partial charge is 0.497 e. The van der Waals surface area contributed by atoms with Gasteiger partial charge in [0.15, 0.2) is 5.96 Å². The molecule has 0 radical (unpaired) electrons. The molecule has 1 aliphatic rings. The molecule has 1 saturated heterocycles. The zero-order valence-electron chi connectivity index (χ0n) is 17.3. The zero-order valence-corrected chi connectivity index (χ0v) is 19.6. The van der Waals surface area contributed by atoms with Crippen molar-refractivity contribution in [3.8, 4) is 5.75 Å². The van der Waals surface area contributed by atoms with E-state index < -0.39 is 0 Å². The van der Waals surface area contributed by atoms with Crippen molar-refractivity contribution >= 4 is 29.9 Å². The second kappa shape index (κ2) is 12.0. The van der Waals surface area contributed by atoms with Crippen LogP contribution in [0.1, 0.15) is 24.0 Å².